The van der Waals surface area contributed by atoms with E-state index in [4.69, 9.17) is 16.0 Å². The van der Waals surface area contributed by atoms with Crippen molar-refractivity contribution in [1.29, 1.82) is 0 Å². The number of halogens is 4. The molecule has 0 aliphatic rings. The maximum Gasteiger partial charge on any atom is 0.390 e. The fourth-order valence-corrected chi connectivity index (χ4v) is 0.951. The Bertz CT molecular complexity index is 315. The van der Waals surface area contributed by atoms with Crippen molar-refractivity contribution in [1.82, 2.24) is 10.2 Å². The number of hydrogen-bond donors (Lipinski definition) is 0. The average Bonchev–Trinajstić information content (AvgIpc) is 2.61. The zero-order chi connectivity index (χ0) is 11.5. The van der Waals surface area contributed by atoms with E-state index < -0.39 is 12.6 Å². The monoisotopic (exact) mass is 243 g/mol. The normalized spacial score (nSPS) is 11.8. The standard InChI is InChI=1S/C7H9ClF3N3O/c1-14(3-2-7(9,10)11)6-13-12-5(4-8)15-6/h2-4H2,1H3. The molecule has 0 saturated carbocycles. The molecule has 0 amide bonds. The van der Waals surface area contributed by atoms with Crippen molar-refractivity contribution in [3.8, 4) is 0 Å². The fourth-order valence-electron chi connectivity index (χ4n) is 0.843. The van der Waals surface area contributed by atoms with E-state index in [1.807, 2.05) is 0 Å². The molecule has 0 bridgehead atoms. The first kappa shape index (κ1) is 12.1. The molecule has 15 heavy (non-hydrogen) atoms. The van der Waals surface area contributed by atoms with Crippen molar-refractivity contribution in [2.24, 2.45) is 0 Å². The molecule has 0 aliphatic heterocycles. The second kappa shape index (κ2) is 4.69. The first-order chi connectivity index (χ1) is 6.92. The highest BCUT2D eigenvalue weighted by Crippen LogP contribution is 2.21. The van der Waals surface area contributed by atoms with Crippen molar-refractivity contribution in [3.05, 3.63) is 5.89 Å². The summed E-state index contributed by atoms with van der Waals surface area (Å²) < 4.78 is 40.6. The molecule has 1 aromatic heterocycles. The van der Waals surface area contributed by atoms with Crippen molar-refractivity contribution in [2.45, 2.75) is 18.5 Å². The van der Waals surface area contributed by atoms with Gasteiger partial charge in [-0.3, -0.25) is 0 Å². The Morgan fingerprint density at radius 3 is 2.53 bits per heavy atom. The van der Waals surface area contributed by atoms with Crippen LogP contribution in [0.25, 0.3) is 0 Å². The third-order valence-corrected chi connectivity index (χ3v) is 1.86. The number of alkyl halides is 4. The molecule has 0 radical (unpaired) electrons. The quantitative estimate of drug-likeness (QED) is 0.761. The van der Waals surface area contributed by atoms with E-state index in [0.29, 0.717) is 0 Å². The number of aromatic nitrogens is 2. The molecule has 0 saturated heterocycles. The van der Waals surface area contributed by atoms with Gasteiger partial charge in [-0.05, 0) is 0 Å². The van der Waals surface area contributed by atoms with Gasteiger partial charge in [0.25, 0.3) is 0 Å². The fraction of sp³-hybridized carbons (Fsp3) is 0.714. The van der Waals surface area contributed by atoms with Gasteiger partial charge in [-0.25, -0.2) is 0 Å². The molecule has 86 valence electrons. The number of rotatable bonds is 4. The van der Waals surface area contributed by atoms with E-state index >= 15 is 0 Å². The second-order valence-electron chi connectivity index (χ2n) is 2.90. The van der Waals surface area contributed by atoms with Crippen LogP contribution in [0.2, 0.25) is 0 Å². The van der Waals surface area contributed by atoms with E-state index in [-0.39, 0.29) is 24.3 Å². The van der Waals surface area contributed by atoms with Gasteiger partial charge in [-0.2, -0.15) is 13.2 Å². The van der Waals surface area contributed by atoms with Crippen LogP contribution in [0.15, 0.2) is 4.42 Å². The predicted molar refractivity (Wildman–Crippen MR) is 47.8 cm³/mol. The summed E-state index contributed by atoms with van der Waals surface area (Å²) in [6, 6.07) is 0.0369. The van der Waals surface area contributed by atoms with Crippen LogP contribution in [0.3, 0.4) is 0 Å². The maximum absolute atomic E-state index is 11.9. The summed E-state index contributed by atoms with van der Waals surface area (Å²) in [6.07, 6.45) is -5.12. The summed E-state index contributed by atoms with van der Waals surface area (Å²) in [7, 11) is 1.44. The lowest BCUT2D eigenvalue weighted by Crippen LogP contribution is -2.24. The van der Waals surface area contributed by atoms with Crippen LogP contribution < -0.4 is 4.90 Å². The Labute approximate surface area is 89.0 Å². The Morgan fingerprint density at radius 2 is 2.07 bits per heavy atom. The highest BCUT2D eigenvalue weighted by molar-refractivity contribution is 6.16. The topological polar surface area (TPSA) is 42.2 Å². The summed E-state index contributed by atoms with van der Waals surface area (Å²) in [5.41, 5.74) is 0. The van der Waals surface area contributed by atoms with Crippen molar-refractivity contribution in [3.63, 3.8) is 0 Å². The van der Waals surface area contributed by atoms with Crippen molar-refractivity contribution < 1.29 is 17.6 Å². The third-order valence-electron chi connectivity index (χ3n) is 1.63. The van der Waals surface area contributed by atoms with Crippen LogP contribution in [0, 0.1) is 0 Å². The average molecular weight is 244 g/mol. The van der Waals surface area contributed by atoms with Gasteiger partial charge < -0.3 is 9.32 Å². The Hall–Kier alpha value is -0.980. The number of nitrogens with zero attached hydrogens (tertiary/aromatic N) is 3. The Balaban J connectivity index is 2.50. The lowest BCUT2D eigenvalue weighted by molar-refractivity contribution is -0.132. The largest absolute Gasteiger partial charge is 0.407 e. The summed E-state index contributed by atoms with van der Waals surface area (Å²) in [4.78, 5) is 1.23. The zero-order valence-corrected chi connectivity index (χ0v) is 8.64. The van der Waals surface area contributed by atoms with Gasteiger partial charge >= 0.3 is 12.2 Å². The molecule has 0 fully saturated rings. The minimum Gasteiger partial charge on any atom is -0.407 e. The van der Waals surface area contributed by atoms with Crippen LogP contribution in [0.5, 0.6) is 0 Å². The van der Waals surface area contributed by atoms with Gasteiger partial charge in [0.2, 0.25) is 5.89 Å². The van der Waals surface area contributed by atoms with E-state index in [1.54, 1.807) is 0 Å². The van der Waals surface area contributed by atoms with Crippen molar-refractivity contribution in [2.75, 3.05) is 18.5 Å². The first-order valence-corrected chi connectivity index (χ1v) is 4.62. The molecular formula is C7H9ClF3N3O. The summed E-state index contributed by atoms with van der Waals surface area (Å²) in [5, 5.41) is 7.07. The predicted octanol–water partition coefficient (Wildman–Crippen LogP) is 2.20. The van der Waals surface area contributed by atoms with E-state index in [1.165, 1.54) is 11.9 Å². The second-order valence-corrected chi connectivity index (χ2v) is 3.17. The highest BCUT2D eigenvalue weighted by Gasteiger charge is 2.27. The minimum absolute atomic E-state index is 0.0369. The van der Waals surface area contributed by atoms with Gasteiger partial charge in [-0.15, -0.1) is 16.7 Å². The van der Waals surface area contributed by atoms with E-state index in [9.17, 15) is 13.2 Å². The van der Waals surface area contributed by atoms with E-state index in [2.05, 4.69) is 10.2 Å². The van der Waals surface area contributed by atoms with Crippen molar-refractivity contribution >= 4 is 17.6 Å². The van der Waals surface area contributed by atoms with Crippen LogP contribution >= 0.6 is 11.6 Å². The smallest absolute Gasteiger partial charge is 0.390 e. The summed E-state index contributed by atoms with van der Waals surface area (Å²) in [5.74, 6) is 0.227. The molecule has 1 rings (SSSR count). The zero-order valence-electron chi connectivity index (χ0n) is 7.88. The van der Waals surface area contributed by atoms with Gasteiger partial charge in [0, 0.05) is 13.6 Å². The van der Waals surface area contributed by atoms with Crippen LogP contribution in [0.1, 0.15) is 12.3 Å². The lowest BCUT2D eigenvalue weighted by Gasteiger charge is -2.14. The van der Waals surface area contributed by atoms with Crippen LogP contribution in [-0.4, -0.2) is 30.0 Å². The molecule has 0 spiro atoms. The first-order valence-electron chi connectivity index (χ1n) is 4.08. The van der Waals surface area contributed by atoms with Gasteiger partial charge in [0.15, 0.2) is 0 Å². The van der Waals surface area contributed by atoms with Gasteiger partial charge in [-0.1, -0.05) is 5.10 Å². The summed E-state index contributed by atoms with van der Waals surface area (Å²) >= 11 is 5.40. The number of anilines is 1. The lowest BCUT2D eigenvalue weighted by atomic mass is 10.4. The molecule has 4 nitrogen and oxygen atoms in total. The maximum atomic E-state index is 11.9. The Kier molecular flexibility index (Phi) is 3.78. The molecule has 0 unspecified atom stereocenters. The molecule has 0 atom stereocenters. The molecule has 0 aromatic carbocycles. The SMILES string of the molecule is CN(CCC(F)(F)F)c1nnc(CCl)o1. The van der Waals surface area contributed by atoms with Gasteiger partial charge in [0.05, 0.1) is 6.42 Å². The third kappa shape index (κ3) is 3.94. The molecule has 0 N–H and O–H groups in total. The number of hydrogen-bond acceptors (Lipinski definition) is 4. The van der Waals surface area contributed by atoms with E-state index in [0.717, 1.165) is 0 Å². The molecular weight excluding hydrogens is 235 g/mol. The minimum atomic E-state index is -4.19. The Morgan fingerprint density at radius 1 is 1.40 bits per heavy atom. The molecule has 1 heterocycles. The molecule has 1 aromatic rings. The van der Waals surface area contributed by atoms with Gasteiger partial charge in [0.1, 0.15) is 5.88 Å². The van der Waals surface area contributed by atoms with Crippen LogP contribution in [-0.2, 0) is 5.88 Å². The van der Waals surface area contributed by atoms with Crippen LogP contribution in [0.4, 0.5) is 19.2 Å². The highest BCUT2D eigenvalue weighted by atomic mass is 35.5. The summed E-state index contributed by atoms with van der Waals surface area (Å²) in [6.45, 7) is -0.229. The molecule has 0 aliphatic carbocycles. The molecule has 8 heteroatoms.